The molecule has 0 saturated carbocycles. The first-order valence-corrected chi connectivity index (χ1v) is 32.8. The van der Waals surface area contributed by atoms with E-state index in [1.165, 1.54) is 276 Å². The summed E-state index contributed by atoms with van der Waals surface area (Å²) in [6.07, 6.45) is 79.1. The second-order valence-corrected chi connectivity index (χ2v) is 22.5. The van der Waals surface area contributed by atoms with Gasteiger partial charge in [0.2, 0.25) is 5.91 Å². The molecule has 0 aromatic rings. The molecule has 3 N–H and O–H groups in total. The molecule has 0 radical (unpaired) electrons. The molecule has 1 amide bonds. The second kappa shape index (κ2) is 62.6. The summed E-state index contributed by atoms with van der Waals surface area (Å²) in [7, 11) is 0. The van der Waals surface area contributed by atoms with E-state index in [1.54, 1.807) is 6.08 Å². The number of aliphatic hydroxyl groups is 2. The number of unbranched alkanes of at least 4 members (excludes halogenated alkanes) is 46. The van der Waals surface area contributed by atoms with Gasteiger partial charge in [-0.05, 0) is 57.8 Å². The van der Waals surface area contributed by atoms with Crippen molar-refractivity contribution in [3.63, 3.8) is 0 Å². The first-order chi connectivity index (χ1) is 36.0. The topological polar surface area (TPSA) is 95.9 Å². The van der Waals surface area contributed by atoms with Crippen molar-refractivity contribution in [3.05, 3.63) is 36.5 Å². The Balaban J connectivity index is 3.45. The average molecular weight is 1030 g/mol. The molecular weight excluding hydrogens is 899 g/mol. The van der Waals surface area contributed by atoms with Gasteiger partial charge in [0.05, 0.1) is 25.4 Å². The Kier molecular flexibility index (Phi) is 61.0. The molecule has 2 atom stereocenters. The molecule has 0 heterocycles. The number of amides is 1. The predicted octanol–water partition coefficient (Wildman–Crippen LogP) is 20.8. The number of rotatable bonds is 61. The highest BCUT2D eigenvalue weighted by Crippen LogP contribution is 2.18. The Labute approximate surface area is 455 Å². The first-order valence-electron chi connectivity index (χ1n) is 32.8. The van der Waals surface area contributed by atoms with E-state index in [0.717, 1.165) is 51.4 Å². The average Bonchev–Trinajstić information content (AvgIpc) is 3.39. The van der Waals surface area contributed by atoms with Crippen molar-refractivity contribution in [1.29, 1.82) is 0 Å². The molecule has 0 aliphatic heterocycles. The van der Waals surface area contributed by atoms with Crippen molar-refractivity contribution in [2.75, 3.05) is 13.2 Å². The van der Waals surface area contributed by atoms with Crippen LogP contribution >= 0.6 is 0 Å². The molecule has 0 fully saturated rings. The van der Waals surface area contributed by atoms with Crippen LogP contribution in [0.2, 0.25) is 0 Å². The van der Waals surface area contributed by atoms with Gasteiger partial charge in [0.1, 0.15) is 0 Å². The number of hydrogen-bond donors (Lipinski definition) is 3. The van der Waals surface area contributed by atoms with E-state index in [2.05, 4.69) is 43.5 Å². The minimum atomic E-state index is -0.850. The fourth-order valence-electron chi connectivity index (χ4n) is 10.1. The molecule has 2 unspecified atom stereocenters. The van der Waals surface area contributed by atoms with Crippen molar-refractivity contribution in [3.8, 4) is 0 Å². The van der Waals surface area contributed by atoms with Crippen LogP contribution in [0.1, 0.15) is 354 Å². The molecule has 6 heteroatoms. The summed E-state index contributed by atoms with van der Waals surface area (Å²) in [6.45, 7) is 4.87. The van der Waals surface area contributed by atoms with E-state index in [4.69, 9.17) is 4.74 Å². The molecule has 0 aliphatic carbocycles. The van der Waals surface area contributed by atoms with Gasteiger partial charge in [0.15, 0.2) is 0 Å². The highest BCUT2D eigenvalue weighted by Gasteiger charge is 2.18. The number of esters is 1. The van der Waals surface area contributed by atoms with E-state index in [0.29, 0.717) is 19.4 Å². The van der Waals surface area contributed by atoms with Gasteiger partial charge in [-0.25, -0.2) is 0 Å². The van der Waals surface area contributed by atoms with Crippen LogP contribution in [0.4, 0.5) is 0 Å². The van der Waals surface area contributed by atoms with Gasteiger partial charge in [0, 0.05) is 12.8 Å². The molecule has 0 aromatic heterocycles. The van der Waals surface area contributed by atoms with Crippen molar-refractivity contribution in [1.82, 2.24) is 5.32 Å². The lowest BCUT2D eigenvalue weighted by molar-refractivity contribution is -0.143. The van der Waals surface area contributed by atoms with Crippen molar-refractivity contribution >= 4 is 11.9 Å². The second-order valence-electron chi connectivity index (χ2n) is 22.5. The van der Waals surface area contributed by atoms with Gasteiger partial charge in [-0.1, -0.05) is 320 Å². The lowest BCUT2D eigenvalue weighted by atomic mass is 10.0. The number of carbonyl (C=O) groups is 2. The van der Waals surface area contributed by atoms with E-state index in [9.17, 15) is 19.8 Å². The number of nitrogens with one attached hydrogen (secondary N) is 1. The molecule has 0 bridgehead atoms. The summed E-state index contributed by atoms with van der Waals surface area (Å²) < 4.78 is 5.47. The Hall–Kier alpha value is -1.92. The largest absolute Gasteiger partial charge is 0.466 e. The fraction of sp³-hybridized carbons (Fsp3) is 0.881. The third kappa shape index (κ3) is 59.2. The number of aliphatic hydroxyl groups excluding tert-OH is 2. The van der Waals surface area contributed by atoms with Gasteiger partial charge in [-0.15, -0.1) is 0 Å². The van der Waals surface area contributed by atoms with E-state index >= 15 is 0 Å². The number of ether oxygens (including phenoxy) is 1. The molecule has 6 nitrogen and oxygen atoms in total. The van der Waals surface area contributed by atoms with Crippen molar-refractivity contribution in [2.45, 2.75) is 366 Å². The Morgan fingerprint density at radius 1 is 0.384 bits per heavy atom. The maximum atomic E-state index is 12.5. The Morgan fingerprint density at radius 3 is 1.08 bits per heavy atom. The Morgan fingerprint density at radius 2 is 0.699 bits per heavy atom. The highest BCUT2D eigenvalue weighted by molar-refractivity contribution is 5.76. The molecule has 430 valence electrons. The molecule has 0 saturated heterocycles. The van der Waals surface area contributed by atoms with Crippen LogP contribution in [0.5, 0.6) is 0 Å². The van der Waals surface area contributed by atoms with E-state index in [-0.39, 0.29) is 18.5 Å². The number of allylic oxidation sites excluding steroid dienone is 5. The van der Waals surface area contributed by atoms with Crippen molar-refractivity contribution < 1.29 is 24.5 Å². The minimum Gasteiger partial charge on any atom is -0.466 e. The van der Waals surface area contributed by atoms with Gasteiger partial charge in [-0.2, -0.15) is 0 Å². The lowest BCUT2D eigenvalue weighted by Crippen LogP contribution is -2.45. The maximum Gasteiger partial charge on any atom is 0.305 e. The third-order valence-electron chi connectivity index (χ3n) is 15.2. The molecule has 0 aliphatic rings. The van der Waals surface area contributed by atoms with Crippen molar-refractivity contribution in [2.24, 2.45) is 0 Å². The molecule has 0 spiro atoms. The molecule has 0 rings (SSSR count). The highest BCUT2D eigenvalue weighted by atomic mass is 16.5. The summed E-state index contributed by atoms with van der Waals surface area (Å²) in [5.41, 5.74) is 0. The van der Waals surface area contributed by atoms with Crippen LogP contribution in [0, 0.1) is 0 Å². The summed E-state index contributed by atoms with van der Waals surface area (Å²) >= 11 is 0. The van der Waals surface area contributed by atoms with Crippen LogP contribution in [0.25, 0.3) is 0 Å². The SMILES string of the molecule is CCCC/C=C\C/C=C\CCCCCCCC(=O)OCCCCCCCCCCCCCCCCCCCC(=O)NC(CO)C(O)/C=C/CCCCCCCCCCCCCCCCCCCCCCCCC. The monoisotopic (exact) mass is 1030 g/mol. The molecule has 73 heavy (non-hydrogen) atoms. The van der Waals surface area contributed by atoms with Gasteiger partial charge < -0.3 is 20.3 Å². The standard InChI is InChI=1S/C67H127NO5/c1-3-5-7-9-11-13-15-17-19-20-21-22-23-24-25-26-27-29-32-35-39-43-47-51-55-59-65(70)64(63-69)68-66(71)60-56-52-48-44-40-36-33-30-28-31-34-38-42-46-50-54-58-62-73-67(72)61-57-53-49-45-41-37-18-16-14-12-10-8-6-4-2/h10,12,16,18,55,59,64-65,69-70H,3-9,11,13-15,17,19-54,56-58,60-63H2,1-2H3,(H,68,71)/b12-10-,18-16-,59-55+. The zero-order valence-electron chi connectivity index (χ0n) is 49.1. The summed E-state index contributed by atoms with van der Waals surface area (Å²) in [4.78, 5) is 24.6. The summed E-state index contributed by atoms with van der Waals surface area (Å²) in [5.74, 6) is -0.0800. The van der Waals surface area contributed by atoms with Gasteiger partial charge >= 0.3 is 5.97 Å². The van der Waals surface area contributed by atoms with Crippen LogP contribution < -0.4 is 5.32 Å². The van der Waals surface area contributed by atoms with Crippen LogP contribution in [0.15, 0.2) is 36.5 Å². The normalized spacial score (nSPS) is 12.8. The fourth-order valence-corrected chi connectivity index (χ4v) is 10.1. The van der Waals surface area contributed by atoms with Gasteiger partial charge in [0.25, 0.3) is 0 Å². The van der Waals surface area contributed by atoms with Crippen LogP contribution in [-0.2, 0) is 14.3 Å². The van der Waals surface area contributed by atoms with E-state index in [1.807, 2.05) is 6.08 Å². The summed E-state index contributed by atoms with van der Waals surface area (Å²) in [6, 6.07) is -0.634. The third-order valence-corrected chi connectivity index (χ3v) is 15.2. The quantitative estimate of drug-likeness (QED) is 0.0320. The predicted molar refractivity (Wildman–Crippen MR) is 319 cm³/mol. The first kappa shape index (κ1) is 71.1. The molecule has 0 aromatic carbocycles. The molecular formula is C67H127NO5. The van der Waals surface area contributed by atoms with Crippen LogP contribution in [0.3, 0.4) is 0 Å². The van der Waals surface area contributed by atoms with E-state index < -0.39 is 12.1 Å². The number of carbonyl (C=O) groups excluding carboxylic acids is 2. The smallest absolute Gasteiger partial charge is 0.305 e. The summed E-state index contributed by atoms with van der Waals surface area (Å²) in [5, 5.41) is 23.3. The lowest BCUT2D eigenvalue weighted by Gasteiger charge is -2.20. The van der Waals surface area contributed by atoms with Gasteiger partial charge in [-0.3, -0.25) is 9.59 Å². The zero-order valence-corrected chi connectivity index (χ0v) is 49.1. The Bertz CT molecular complexity index is 1180. The zero-order chi connectivity index (χ0) is 52.9. The minimum absolute atomic E-state index is 0.00964. The van der Waals surface area contributed by atoms with Crippen LogP contribution in [-0.4, -0.2) is 47.4 Å². The number of hydrogen-bond acceptors (Lipinski definition) is 5. The maximum absolute atomic E-state index is 12.5.